The molecule has 1 saturated heterocycles. The van der Waals surface area contributed by atoms with Crippen LogP contribution in [0.15, 0.2) is 24.3 Å². The standard InChI is InChI=1S/C18H28N2O2/c1-3-14-22-17-7-5-16(6-8-17)15(2)4-9-18(21)20-12-10-19-11-13-20/h5-8,15,19H,3-4,9-14H2,1-2H3. The second-order valence-electron chi connectivity index (χ2n) is 5.99. The number of hydrogen-bond donors (Lipinski definition) is 1. The lowest BCUT2D eigenvalue weighted by molar-refractivity contribution is -0.131. The van der Waals surface area contributed by atoms with Gasteiger partial charge in [-0.3, -0.25) is 4.79 Å². The molecule has 0 bridgehead atoms. The molecule has 1 aliphatic heterocycles. The number of benzene rings is 1. The van der Waals surface area contributed by atoms with Gasteiger partial charge in [-0.25, -0.2) is 0 Å². The summed E-state index contributed by atoms with van der Waals surface area (Å²) in [6, 6.07) is 8.29. The Hall–Kier alpha value is -1.55. The fourth-order valence-corrected chi connectivity index (χ4v) is 2.69. The van der Waals surface area contributed by atoms with Crippen LogP contribution in [0, 0.1) is 0 Å². The first-order chi connectivity index (χ1) is 10.7. The van der Waals surface area contributed by atoms with Gasteiger partial charge in [0.25, 0.3) is 0 Å². The van der Waals surface area contributed by atoms with Gasteiger partial charge in [-0.2, -0.15) is 0 Å². The van der Waals surface area contributed by atoms with Crippen molar-refractivity contribution in [2.75, 3.05) is 32.8 Å². The smallest absolute Gasteiger partial charge is 0.222 e. The minimum atomic E-state index is 0.288. The van der Waals surface area contributed by atoms with Gasteiger partial charge >= 0.3 is 0 Å². The molecule has 1 heterocycles. The summed E-state index contributed by atoms with van der Waals surface area (Å²) in [5.41, 5.74) is 1.27. The van der Waals surface area contributed by atoms with Crippen molar-refractivity contribution in [3.8, 4) is 5.75 Å². The number of amides is 1. The number of rotatable bonds is 7. The van der Waals surface area contributed by atoms with Crippen molar-refractivity contribution in [3.05, 3.63) is 29.8 Å². The van der Waals surface area contributed by atoms with Crippen LogP contribution in [0.25, 0.3) is 0 Å². The van der Waals surface area contributed by atoms with Crippen molar-refractivity contribution in [2.24, 2.45) is 0 Å². The molecule has 4 heteroatoms. The van der Waals surface area contributed by atoms with E-state index in [0.717, 1.165) is 51.4 Å². The Morgan fingerprint density at radius 3 is 2.59 bits per heavy atom. The van der Waals surface area contributed by atoms with Gasteiger partial charge in [0.05, 0.1) is 6.61 Å². The van der Waals surface area contributed by atoms with Gasteiger partial charge in [0.2, 0.25) is 5.91 Å². The van der Waals surface area contributed by atoms with Crippen LogP contribution in [0.4, 0.5) is 0 Å². The average molecular weight is 304 g/mol. The third kappa shape index (κ3) is 5.02. The lowest BCUT2D eigenvalue weighted by Gasteiger charge is -2.27. The monoisotopic (exact) mass is 304 g/mol. The molecule has 0 aliphatic carbocycles. The summed E-state index contributed by atoms with van der Waals surface area (Å²) in [6.07, 6.45) is 2.56. The Balaban J connectivity index is 1.78. The molecule has 122 valence electrons. The summed E-state index contributed by atoms with van der Waals surface area (Å²) in [4.78, 5) is 14.2. The maximum Gasteiger partial charge on any atom is 0.222 e. The van der Waals surface area contributed by atoms with Gasteiger partial charge in [0.15, 0.2) is 0 Å². The Labute approximate surface area is 133 Å². The Kier molecular flexibility index (Phi) is 6.72. The van der Waals surface area contributed by atoms with Gasteiger partial charge in [0.1, 0.15) is 5.75 Å². The predicted molar refractivity (Wildman–Crippen MR) is 89.3 cm³/mol. The molecule has 0 spiro atoms. The number of nitrogens with one attached hydrogen (secondary N) is 1. The van der Waals surface area contributed by atoms with Crippen LogP contribution >= 0.6 is 0 Å². The first-order valence-electron chi connectivity index (χ1n) is 8.42. The molecule has 2 rings (SSSR count). The molecule has 1 aliphatic rings. The van der Waals surface area contributed by atoms with Crippen LogP contribution in [0.1, 0.15) is 44.6 Å². The number of nitrogens with zero attached hydrogens (tertiary/aromatic N) is 1. The molecule has 0 saturated carbocycles. The summed E-state index contributed by atoms with van der Waals surface area (Å²) >= 11 is 0. The maximum absolute atomic E-state index is 12.2. The molecule has 0 aromatic heterocycles. The largest absolute Gasteiger partial charge is 0.494 e. The highest BCUT2D eigenvalue weighted by Gasteiger charge is 2.17. The number of ether oxygens (including phenoxy) is 1. The van der Waals surface area contributed by atoms with Crippen molar-refractivity contribution in [1.82, 2.24) is 10.2 Å². The molecular weight excluding hydrogens is 276 g/mol. The molecular formula is C18H28N2O2. The zero-order chi connectivity index (χ0) is 15.8. The zero-order valence-corrected chi connectivity index (χ0v) is 13.8. The molecule has 1 aromatic carbocycles. The molecule has 1 fully saturated rings. The molecule has 1 unspecified atom stereocenters. The van der Waals surface area contributed by atoms with E-state index in [2.05, 4.69) is 31.3 Å². The average Bonchev–Trinajstić information content (AvgIpc) is 2.58. The minimum Gasteiger partial charge on any atom is -0.494 e. The van der Waals surface area contributed by atoms with E-state index in [1.807, 2.05) is 17.0 Å². The maximum atomic E-state index is 12.2. The third-order valence-corrected chi connectivity index (χ3v) is 4.18. The van der Waals surface area contributed by atoms with Crippen LogP contribution in [-0.4, -0.2) is 43.6 Å². The van der Waals surface area contributed by atoms with Crippen LogP contribution in [0.3, 0.4) is 0 Å². The highest BCUT2D eigenvalue weighted by Crippen LogP contribution is 2.23. The second kappa shape index (κ2) is 8.79. The molecule has 1 aromatic rings. The fraction of sp³-hybridized carbons (Fsp3) is 0.611. The highest BCUT2D eigenvalue weighted by atomic mass is 16.5. The Morgan fingerprint density at radius 2 is 1.95 bits per heavy atom. The van der Waals surface area contributed by atoms with E-state index in [1.165, 1.54) is 5.56 Å². The topological polar surface area (TPSA) is 41.6 Å². The van der Waals surface area contributed by atoms with Crippen LogP contribution in [0.2, 0.25) is 0 Å². The fourth-order valence-electron chi connectivity index (χ4n) is 2.69. The third-order valence-electron chi connectivity index (χ3n) is 4.18. The number of carbonyl (C=O) groups is 1. The van der Waals surface area contributed by atoms with E-state index in [0.29, 0.717) is 12.3 Å². The zero-order valence-electron chi connectivity index (χ0n) is 13.8. The summed E-state index contributed by atoms with van der Waals surface area (Å²) in [5, 5.41) is 3.27. The lowest BCUT2D eigenvalue weighted by atomic mass is 9.96. The van der Waals surface area contributed by atoms with E-state index in [9.17, 15) is 4.79 Å². The van der Waals surface area contributed by atoms with E-state index in [1.54, 1.807) is 0 Å². The number of hydrogen-bond acceptors (Lipinski definition) is 3. The van der Waals surface area contributed by atoms with Crippen molar-refractivity contribution < 1.29 is 9.53 Å². The molecule has 1 atom stereocenters. The van der Waals surface area contributed by atoms with Crippen molar-refractivity contribution in [3.63, 3.8) is 0 Å². The molecule has 0 radical (unpaired) electrons. The van der Waals surface area contributed by atoms with Crippen molar-refractivity contribution in [1.29, 1.82) is 0 Å². The van der Waals surface area contributed by atoms with E-state index >= 15 is 0 Å². The molecule has 4 nitrogen and oxygen atoms in total. The van der Waals surface area contributed by atoms with Crippen LogP contribution < -0.4 is 10.1 Å². The number of piperazine rings is 1. The summed E-state index contributed by atoms with van der Waals surface area (Å²) in [7, 11) is 0. The van der Waals surface area contributed by atoms with E-state index in [-0.39, 0.29) is 5.91 Å². The summed E-state index contributed by atoms with van der Waals surface area (Å²) in [5.74, 6) is 1.61. The predicted octanol–water partition coefficient (Wildman–Crippen LogP) is 2.79. The Morgan fingerprint density at radius 1 is 1.27 bits per heavy atom. The van der Waals surface area contributed by atoms with Crippen molar-refractivity contribution in [2.45, 2.75) is 39.0 Å². The van der Waals surface area contributed by atoms with Gasteiger partial charge in [-0.15, -0.1) is 0 Å². The van der Waals surface area contributed by atoms with Gasteiger partial charge in [-0.05, 0) is 36.5 Å². The van der Waals surface area contributed by atoms with E-state index < -0.39 is 0 Å². The molecule has 1 amide bonds. The van der Waals surface area contributed by atoms with E-state index in [4.69, 9.17) is 4.74 Å². The van der Waals surface area contributed by atoms with Gasteiger partial charge in [0, 0.05) is 32.6 Å². The van der Waals surface area contributed by atoms with Gasteiger partial charge < -0.3 is 15.0 Å². The van der Waals surface area contributed by atoms with Crippen molar-refractivity contribution >= 4 is 5.91 Å². The molecule has 22 heavy (non-hydrogen) atoms. The molecule has 1 N–H and O–H groups in total. The minimum absolute atomic E-state index is 0.288. The summed E-state index contributed by atoms with van der Waals surface area (Å²) in [6.45, 7) is 8.57. The normalized spacial score (nSPS) is 16.4. The van der Waals surface area contributed by atoms with Crippen LogP contribution in [0.5, 0.6) is 5.75 Å². The van der Waals surface area contributed by atoms with Gasteiger partial charge in [-0.1, -0.05) is 26.0 Å². The van der Waals surface area contributed by atoms with Crippen LogP contribution in [-0.2, 0) is 4.79 Å². The Bertz CT molecular complexity index is 453. The summed E-state index contributed by atoms with van der Waals surface area (Å²) < 4.78 is 5.60. The first kappa shape index (κ1) is 16.8. The first-order valence-corrected chi connectivity index (χ1v) is 8.42. The quantitative estimate of drug-likeness (QED) is 0.842. The number of carbonyl (C=O) groups excluding carboxylic acids is 1. The lowest BCUT2D eigenvalue weighted by Crippen LogP contribution is -2.46. The second-order valence-corrected chi connectivity index (χ2v) is 5.99. The SMILES string of the molecule is CCCOc1ccc(C(C)CCC(=O)N2CCNCC2)cc1. The highest BCUT2D eigenvalue weighted by molar-refractivity contribution is 5.76.